The van der Waals surface area contributed by atoms with Crippen molar-refractivity contribution in [2.24, 2.45) is 5.73 Å². The SMILES string of the molecule is Cc1cnn(CCNC(=O)c2cccc(C(N)=S)c2)c1. The van der Waals surface area contributed by atoms with E-state index >= 15 is 0 Å². The number of rotatable bonds is 5. The minimum atomic E-state index is -0.146. The molecule has 1 aromatic heterocycles. The molecular weight excluding hydrogens is 272 g/mol. The number of nitrogens with zero attached hydrogens (tertiary/aromatic N) is 2. The second kappa shape index (κ2) is 6.29. The standard InChI is InChI=1S/C14H16N4OS/c1-10-8-17-18(9-10)6-5-16-14(19)12-4-2-3-11(7-12)13(15)20/h2-4,7-9H,5-6H2,1H3,(H2,15,20)(H,16,19). The number of carbonyl (C=O) groups excluding carboxylic acids is 1. The molecule has 0 atom stereocenters. The van der Waals surface area contributed by atoms with Crippen LogP contribution in [0.4, 0.5) is 0 Å². The molecule has 5 nitrogen and oxygen atoms in total. The highest BCUT2D eigenvalue weighted by molar-refractivity contribution is 7.80. The Kier molecular flexibility index (Phi) is 4.47. The Labute approximate surface area is 122 Å². The van der Waals surface area contributed by atoms with Crippen molar-refractivity contribution in [3.63, 3.8) is 0 Å². The van der Waals surface area contributed by atoms with Crippen molar-refractivity contribution in [1.29, 1.82) is 0 Å². The molecule has 1 heterocycles. The molecule has 0 radical (unpaired) electrons. The molecule has 1 aromatic carbocycles. The molecule has 1 amide bonds. The Morgan fingerprint density at radius 2 is 2.20 bits per heavy atom. The Bertz CT molecular complexity index is 636. The summed E-state index contributed by atoms with van der Waals surface area (Å²) in [5.41, 5.74) is 7.89. The van der Waals surface area contributed by atoms with Crippen LogP contribution in [-0.2, 0) is 6.54 Å². The Morgan fingerprint density at radius 3 is 2.85 bits per heavy atom. The van der Waals surface area contributed by atoms with Gasteiger partial charge < -0.3 is 11.1 Å². The van der Waals surface area contributed by atoms with Crippen molar-refractivity contribution in [1.82, 2.24) is 15.1 Å². The van der Waals surface area contributed by atoms with Gasteiger partial charge >= 0.3 is 0 Å². The maximum Gasteiger partial charge on any atom is 0.251 e. The minimum Gasteiger partial charge on any atom is -0.389 e. The fourth-order valence-electron chi connectivity index (χ4n) is 1.79. The summed E-state index contributed by atoms with van der Waals surface area (Å²) < 4.78 is 1.79. The van der Waals surface area contributed by atoms with Crippen LogP contribution in [0.5, 0.6) is 0 Å². The summed E-state index contributed by atoms with van der Waals surface area (Å²) in [6, 6.07) is 6.97. The van der Waals surface area contributed by atoms with Gasteiger partial charge in [-0.25, -0.2) is 0 Å². The number of aromatic nitrogens is 2. The predicted molar refractivity (Wildman–Crippen MR) is 81.6 cm³/mol. The lowest BCUT2D eigenvalue weighted by Crippen LogP contribution is -2.27. The van der Waals surface area contributed by atoms with Crippen LogP contribution in [0.1, 0.15) is 21.5 Å². The molecule has 104 valence electrons. The van der Waals surface area contributed by atoms with Gasteiger partial charge in [-0.05, 0) is 24.6 Å². The van der Waals surface area contributed by atoms with E-state index in [1.54, 1.807) is 35.1 Å². The van der Waals surface area contributed by atoms with Crippen molar-refractivity contribution in [2.45, 2.75) is 13.5 Å². The monoisotopic (exact) mass is 288 g/mol. The number of aryl methyl sites for hydroxylation is 1. The third-order valence-electron chi connectivity index (χ3n) is 2.80. The van der Waals surface area contributed by atoms with Crippen molar-refractivity contribution in [2.75, 3.05) is 6.54 Å². The van der Waals surface area contributed by atoms with Gasteiger partial charge in [0.2, 0.25) is 0 Å². The van der Waals surface area contributed by atoms with Crippen LogP contribution in [0.3, 0.4) is 0 Å². The van der Waals surface area contributed by atoms with Crippen molar-refractivity contribution >= 4 is 23.1 Å². The molecule has 0 unspecified atom stereocenters. The molecule has 3 N–H and O–H groups in total. The number of nitrogens with one attached hydrogen (secondary N) is 1. The molecule has 0 spiro atoms. The van der Waals surface area contributed by atoms with Crippen LogP contribution in [-0.4, -0.2) is 27.2 Å². The third kappa shape index (κ3) is 3.64. The van der Waals surface area contributed by atoms with Crippen molar-refractivity contribution in [3.05, 3.63) is 53.3 Å². The number of carbonyl (C=O) groups is 1. The van der Waals surface area contributed by atoms with E-state index in [4.69, 9.17) is 18.0 Å². The zero-order valence-corrected chi connectivity index (χ0v) is 12.0. The molecule has 0 bridgehead atoms. The maximum absolute atomic E-state index is 12.0. The fourth-order valence-corrected chi connectivity index (χ4v) is 1.92. The van der Waals surface area contributed by atoms with Crippen LogP contribution in [0.2, 0.25) is 0 Å². The molecule has 20 heavy (non-hydrogen) atoms. The van der Waals surface area contributed by atoms with Crippen molar-refractivity contribution in [3.8, 4) is 0 Å². The predicted octanol–water partition coefficient (Wildman–Crippen LogP) is 1.26. The smallest absolute Gasteiger partial charge is 0.251 e. The second-order valence-corrected chi connectivity index (χ2v) is 4.92. The molecule has 6 heteroatoms. The molecule has 0 aliphatic carbocycles. The van der Waals surface area contributed by atoms with Gasteiger partial charge in [-0.15, -0.1) is 0 Å². The van der Waals surface area contributed by atoms with E-state index in [1.165, 1.54) is 0 Å². The largest absolute Gasteiger partial charge is 0.389 e. The molecule has 0 saturated heterocycles. The highest BCUT2D eigenvalue weighted by atomic mass is 32.1. The average molecular weight is 288 g/mol. The first kappa shape index (κ1) is 14.2. The number of benzene rings is 1. The van der Waals surface area contributed by atoms with Gasteiger partial charge in [-0.1, -0.05) is 24.4 Å². The van der Waals surface area contributed by atoms with Gasteiger partial charge in [0.15, 0.2) is 0 Å². The maximum atomic E-state index is 12.0. The lowest BCUT2D eigenvalue weighted by molar-refractivity contribution is 0.0952. The summed E-state index contributed by atoms with van der Waals surface area (Å²) in [6.07, 6.45) is 3.72. The third-order valence-corrected chi connectivity index (χ3v) is 3.03. The number of thiocarbonyl (C=S) groups is 1. The normalized spacial score (nSPS) is 10.2. The molecule has 0 aliphatic rings. The first-order valence-corrected chi connectivity index (χ1v) is 6.64. The van der Waals surface area contributed by atoms with E-state index in [-0.39, 0.29) is 10.9 Å². The topological polar surface area (TPSA) is 72.9 Å². The minimum absolute atomic E-state index is 0.146. The van der Waals surface area contributed by atoms with E-state index in [9.17, 15) is 4.79 Å². The number of hydrogen-bond donors (Lipinski definition) is 2. The van der Waals surface area contributed by atoms with Crippen LogP contribution < -0.4 is 11.1 Å². The van der Waals surface area contributed by atoms with Crippen LogP contribution in [0, 0.1) is 6.92 Å². The zero-order valence-electron chi connectivity index (χ0n) is 11.2. The Morgan fingerprint density at radius 1 is 1.45 bits per heavy atom. The van der Waals surface area contributed by atoms with Crippen molar-refractivity contribution < 1.29 is 4.79 Å². The molecule has 0 saturated carbocycles. The Balaban J connectivity index is 1.91. The van der Waals surface area contributed by atoms with Crippen LogP contribution in [0.15, 0.2) is 36.7 Å². The lowest BCUT2D eigenvalue weighted by Gasteiger charge is -2.06. The number of nitrogens with two attached hydrogens (primary N) is 1. The summed E-state index contributed by atoms with van der Waals surface area (Å²) in [5, 5.41) is 6.99. The van der Waals surface area contributed by atoms with Crippen LogP contribution >= 0.6 is 12.2 Å². The summed E-state index contributed by atoms with van der Waals surface area (Å²) in [7, 11) is 0. The lowest BCUT2D eigenvalue weighted by atomic mass is 10.1. The van der Waals surface area contributed by atoms with Gasteiger partial charge in [0, 0.05) is 23.9 Å². The first-order chi connectivity index (χ1) is 9.56. The number of hydrogen-bond acceptors (Lipinski definition) is 3. The number of amides is 1. The zero-order chi connectivity index (χ0) is 14.5. The van der Waals surface area contributed by atoms with Gasteiger partial charge in [0.1, 0.15) is 4.99 Å². The van der Waals surface area contributed by atoms with Gasteiger partial charge in [0.25, 0.3) is 5.91 Å². The molecule has 2 aromatic rings. The molecule has 0 aliphatic heterocycles. The highest BCUT2D eigenvalue weighted by Crippen LogP contribution is 2.05. The molecule has 0 fully saturated rings. The van der Waals surface area contributed by atoms with E-state index < -0.39 is 0 Å². The highest BCUT2D eigenvalue weighted by Gasteiger charge is 2.06. The van der Waals surface area contributed by atoms with Gasteiger partial charge in [-0.3, -0.25) is 9.48 Å². The molecule has 2 rings (SSSR count). The second-order valence-electron chi connectivity index (χ2n) is 4.48. The van der Waals surface area contributed by atoms with Crippen LogP contribution in [0.25, 0.3) is 0 Å². The summed E-state index contributed by atoms with van der Waals surface area (Å²) in [4.78, 5) is 12.3. The molecular formula is C14H16N4OS. The summed E-state index contributed by atoms with van der Waals surface area (Å²) in [5.74, 6) is -0.146. The van der Waals surface area contributed by atoms with E-state index in [1.807, 2.05) is 13.1 Å². The van der Waals surface area contributed by atoms with Gasteiger partial charge in [-0.2, -0.15) is 5.10 Å². The summed E-state index contributed by atoms with van der Waals surface area (Å²) >= 11 is 4.90. The van der Waals surface area contributed by atoms with Gasteiger partial charge in [0.05, 0.1) is 12.7 Å². The van der Waals surface area contributed by atoms with E-state index in [2.05, 4.69) is 10.4 Å². The Hall–Kier alpha value is -2.21. The average Bonchev–Trinajstić information content (AvgIpc) is 2.84. The first-order valence-electron chi connectivity index (χ1n) is 6.23. The van der Waals surface area contributed by atoms with E-state index in [0.29, 0.717) is 24.2 Å². The fraction of sp³-hybridized carbons (Fsp3) is 0.214. The quantitative estimate of drug-likeness (QED) is 0.812. The summed E-state index contributed by atoms with van der Waals surface area (Å²) in [6.45, 7) is 3.12. The van der Waals surface area contributed by atoms with E-state index in [0.717, 1.165) is 5.56 Å².